The second kappa shape index (κ2) is 27.6. The van der Waals surface area contributed by atoms with E-state index < -0.39 is 0 Å². The van der Waals surface area contributed by atoms with Gasteiger partial charge in [-0.1, -0.05) is 71.4 Å². The molecule has 2 aliphatic rings. The highest BCUT2D eigenvalue weighted by molar-refractivity contribution is 6.00. The number of anilines is 4. The van der Waals surface area contributed by atoms with Crippen LogP contribution < -0.4 is 10.6 Å². The Kier molecular flexibility index (Phi) is 19.3. The number of amides is 2. The Labute approximate surface area is 456 Å². The van der Waals surface area contributed by atoms with E-state index in [-0.39, 0.29) is 11.8 Å². The van der Waals surface area contributed by atoms with Crippen LogP contribution in [0.5, 0.6) is 0 Å². The summed E-state index contributed by atoms with van der Waals surface area (Å²) in [7, 11) is 0. The highest BCUT2D eigenvalue weighted by Crippen LogP contribution is 2.26. The van der Waals surface area contributed by atoms with Crippen LogP contribution in [0, 0.1) is 0 Å². The van der Waals surface area contributed by atoms with E-state index in [1.165, 1.54) is 44.9 Å². The molecule has 0 saturated carbocycles. The van der Waals surface area contributed by atoms with Crippen molar-refractivity contribution in [3.63, 3.8) is 0 Å². The molecule has 0 unspecified atom stereocenters. The van der Waals surface area contributed by atoms with Crippen LogP contribution in [0.25, 0.3) is 44.6 Å². The first-order valence-corrected chi connectivity index (χ1v) is 27.7. The summed E-state index contributed by atoms with van der Waals surface area (Å²) in [4.78, 5) is 72.5. The normalized spacial score (nSPS) is 13.9. The summed E-state index contributed by atoms with van der Waals surface area (Å²) in [5.74, 6) is 1.09. The van der Waals surface area contributed by atoms with Crippen LogP contribution in [-0.2, 0) is 6.54 Å². The molecule has 0 radical (unpaired) electrons. The van der Waals surface area contributed by atoms with Gasteiger partial charge in [-0.25, -0.2) is 24.9 Å². The average molecular weight is 1050 g/mol. The maximum absolute atomic E-state index is 13.2. The number of nitrogens with one attached hydrogen (secondary N) is 4. The molecule has 0 bridgehead atoms. The van der Waals surface area contributed by atoms with Gasteiger partial charge in [0.1, 0.15) is 11.4 Å². The largest absolute Gasteiger partial charge is 0.351 e. The summed E-state index contributed by atoms with van der Waals surface area (Å²) >= 11 is 0. The fourth-order valence-electron chi connectivity index (χ4n) is 9.72. The van der Waals surface area contributed by atoms with Gasteiger partial charge < -0.3 is 35.0 Å². The first kappa shape index (κ1) is 54.4. The molecule has 11 rings (SSSR count). The zero-order chi connectivity index (χ0) is 53.9. The van der Waals surface area contributed by atoms with Crippen LogP contribution in [0.15, 0.2) is 141 Å². The van der Waals surface area contributed by atoms with Gasteiger partial charge in [0, 0.05) is 136 Å². The van der Waals surface area contributed by atoms with Gasteiger partial charge in [-0.05, 0) is 97.9 Å². The number of carbonyl (C=O) groups excluding carboxylic acids is 2. The molecule has 2 aliphatic heterocycles. The standard InChI is InChI=1S/C31H39N7O.C27H27N9O.C2H6/c1-2-3-4-5-6-7-10-17-37-18-20-38(21-19-37)30(39)29-23-24-22-25(12-13-26(24)35-29)34-31-33-16-14-28(36-31)27-11-8-9-15-32-27;37-26(36-15-13-34(14-16-36)11-12-35-10-9-28-19-35)25-18-20-17-21(4-5-22(20)32-25)31-27-30-8-6-24(33-27)23-3-1-2-7-29-23;1-2/h8-9,11-16,22-23,35H,2-7,10,17-21H2,1H3,(H,33,34,36);1-10,17-19,32H,11-16H2,(H,30,31,33);1-2H3. The van der Waals surface area contributed by atoms with Crippen molar-refractivity contribution in [1.82, 2.24) is 69.0 Å². The number of unbranched alkanes of at least 4 members (excludes halogenated alkanes) is 6. The number of fused-ring (bicyclic) bond motifs is 2. The number of nitrogens with zero attached hydrogens (tertiary/aromatic N) is 12. The number of imidazole rings is 1. The van der Waals surface area contributed by atoms with Gasteiger partial charge in [0.15, 0.2) is 0 Å². The molecule has 2 saturated heterocycles. The number of aromatic amines is 2. The zero-order valence-electron chi connectivity index (χ0n) is 45.2. The number of hydrogen-bond donors (Lipinski definition) is 4. The minimum Gasteiger partial charge on any atom is -0.351 e. The van der Waals surface area contributed by atoms with Crippen LogP contribution in [0.2, 0.25) is 0 Å². The number of piperazine rings is 2. The summed E-state index contributed by atoms with van der Waals surface area (Å²) < 4.78 is 2.08. The molecule has 0 atom stereocenters. The van der Waals surface area contributed by atoms with Gasteiger partial charge in [-0.3, -0.25) is 29.4 Å². The maximum Gasteiger partial charge on any atom is 0.270 e. The third kappa shape index (κ3) is 14.8. The number of aromatic nitrogens is 10. The summed E-state index contributed by atoms with van der Waals surface area (Å²) in [6.07, 6.45) is 21.9. The number of pyridine rings is 2. The van der Waals surface area contributed by atoms with Gasteiger partial charge in [0.2, 0.25) is 11.9 Å². The van der Waals surface area contributed by atoms with Crippen molar-refractivity contribution < 1.29 is 9.59 Å². The van der Waals surface area contributed by atoms with E-state index in [0.717, 1.165) is 128 Å². The molecule has 2 amide bonds. The summed E-state index contributed by atoms with van der Waals surface area (Å²) in [5.41, 5.74) is 7.88. The van der Waals surface area contributed by atoms with Crippen molar-refractivity contribution >= 4 is 56.9 Å². The quantitative estimate of drug-likeness (QED) is 0.0559. The van der Waals surface area contributed by atoms with Crippen LogP contribution in [0.4, 0.5) is 23.3 Å². The van der Waals surface area contributed by atoms with E-state index >= 15 is 0 Å². The smallest absolute Gasteiger partial charge is 0.270 e. The Morgan fingerprint density at radius 3 is 1.47 bits per heavy atom. The molecular formula is C60H72N16O2. The minimum absolute atomic E-state index is 0.0337. The topological polar surface area (TPSA) is 198 Å². The molecule has 9 aromatic rings. The van der Waals surface area contributed by atoms with Gasteiger partial charge in [-0.2, -0.15) is 0 Å². The summed E-state index contributed by atoms with van der Waals surface area (Å²) in [6.45, 7) is 15.9. The van der Waals surface area contributed by atoms with Crippen molar-refractivity contribution in [2.45, 2.75) is 72.3 Å². The molecule has 4 N–H and O–H groups in total. The van der Waals surface area contributed by atoms with Crippen LogP contribution in [0.1, 0.15) is 86.7 Å². The van der Waals surface area contributed by atoms with E-state index in [1.54, 1.807) is 31.0 Å². The number of H-pyrrole nitrogens is 2. The van der Waals surface area contributed by atoms with Crippen LogP contribution >= 0.6 is 0 Å². The van der Waals surface area contributed by atoms with Crippen molar-refractivity contribution in [3.05, 3.63) is 152 Å². The highest BCUT2D eigenvalue weighted by Gasteiger charge is 2.25. The first-order chi connectivity index (χ1) is 38.4. The fraction of sp³-hybridized carbons (Fsp3) is 0.350. The maximum atomic E-state index is 13.2. The van der Waals surface area contributed by atoms with Crippen LogP contribution in [-0.4, -0.2) is 146 Å². The predicted molar refractivity (Wildman–Crippen MR) is 310 cm³/mol. The summed E-state index contributed by atoms with van der Waals surface area (Å²) in [6, 6.07) is 30.9. The Hall–Kier alpha value is -8.35. The van der Waals surface area contributed by atoms with Crippen molar-refractivity contribution in [2.24, 2.45) is 0 Å². The lowest BCUT2D eigenvalue weighted by Crippen LogP contribution is -2.49. The van der Waals surface area contributed by atoms with E-state index in [0.29, 0.717) is 23.3 Å². The Balaban J connectivity index is 0.000000184. The summed E-state index contributed by atoms with van der Waals surface area (Å²) in [5, 5.41) is 8.47. The Morgan fingerprint density at radius 1 is 0.500 bits per heavy atom. The van der Waals surface area contributed by atoms with Crippen LogP contribution in [0.3, 0.4) is 0 Å². The molecule has 0 aliphatic carbocycles. The van der Waals surface area contributed by atoms with E-state index in [4.69, 9.17) is 0 Å². The number of carbonyl (C=O) groups is 2. The lowest BCUT2D eigenvalue weighted by molar-refractivity contribution is 0.0623. The molecule has 7 aromatic heterocycles. The van der Waals surface area contributed by atoms with Gasteiger partial charge in [-0.15, -0.1) is 0 Å². The molecule has 18 nitrogen and oxygen atoms in total. The molecular weight excluding hydrogens is 977 g/mol. The lowest BCUT2D eigenvalue weighted by atomic mass is 10.1. The second-order valence-electron chi connectivity index (χ2n) is 19.4. The van der Waals surface area contributed by atoms with Crippen molar-refractivity contribution in [1.29, 1.82) is 0 Å². The first-order valence-electron chi connectivity index (χ1n) is 27.7. The monoisotopic (exact) mass is 1050 g/mol. The second-order valence-corrected chi connectivity index (χ2v) is 19.4. The van der Waals surface area contributed by atoms with E-state index in [1.807, 2.05) is 133 Å². The van der Waals surface area contributed by atoms with E-state index in [2.05, 4.69) is 76.8 Å². The van der Waals surface area contributed by atoms with Gasteiger partial charge >= 0.3 is 0 Å². The third-order valence-electron chi connectivity index (χ3n) is 14.0. The Bertz CT molecular complexity index is 3270. The molecule has 78 heavy (non-hydrogen) atoms. The third-order valence-corrected chi connectivity index (χ3v) is 14.0. The van der Waals surface area contributed by atoms with E-state index in [9.17, 15) is 9.59 Å². The molecule has 9 heterocycles. The van der Waals surface area contributed by atoms with Gasteiger partial charge in [0.05, 0.1) is 29.1 Å². The fourth-order valence-corrected chi connectivity index (χ4v) is 9.72. The van der Waals surface area contributed by atoms with Crippen molar-refractivity contribution in [2.75, 3.05) is 76.1 Å². The van der Waals surface area contributed by atoms with Gasteiger partial charge in [0.25, 0.3) is 11.8 Å². The minimum atomic E-state index is 0.0337. The molecule has 18 heteroatoms. The zero-order valence-corrected chi connectivity index (χ0v) is 45.2. The average Bonchev–Trinajstić information content (AvgIpc) is 4.29. The molecule has 2 aromatic carbocycles. The molecule has 404 valence electrons. The predicted octanol–water partition coefficient (Wildman–Crippen LogP) is 10.7. The Morgan fingerprint density at radius 2 is 1.00 bits per heavy atom. The highest BCUT2D eigenvalue weighted by atomic mass is 16.2. The number of rotatable bonds is 19. The van der Waals surface area contributed by atoms with Crippen molar-refractivity contribution in [3.8, 4) is 22.8 Å². The lowest BCUT2D eigenvalue weighted by Gasteiger charge is -2.34. The number of benzene rings is 2. The number of hydrogen-bond acceptors (Lipinski definition) is 13. The molecule has 0 spiro atoms. The SMILES string of the molecule is CC.CCCCCCCCCN1CCN(C(=O)c2cc3cc(Nc4nccc(-c5ccccn5)n4)ccc3[nH]2)CC1.O=C(c1cc2cc(Nc3nccc(-c4ccccn4)n3)ccc2[nH]1)N1CCN(CCn2ccnc2)CC1. The molecule has 2 fully saturated rings.